The summed E-state index contributed by atoms with van der Waals surface area (Å²) >= 11 is 0. The van der Waals surface area contributed by atoms with Crippen LogP contribution < -0.4 is 10.6 Å². The first-order chi connectivity index (χ1) is 9.73. The lowest BCUT2D eigenvalue weighted by atomic mass is 10.0. The molecule has 2 saturated carbocycles. The van der Waals surface area contributed by atoms with Gasteiger partial charge >= 0.3 is 0 Å². The van der Waals surface area contributed by atoms with Gasteiger partial charge in [0.05, 0.1) is 0 Å². The molecule has 1 amide bonds. The highest BCUT2D eigenvalue weighted by atomic mass is 16.1. The maximum absolute atomic E-state index is 12.2. The first kappa shape index (κ1) is 13.4. The number of aromatic nitrogens is 1. The summed E-state index contributed by atoms with van der Waals surface area (Å²) in [6, 6.07) is 5.57. The van der Waals surface area contributed by atoms with E-state index in [0.717, 1.165) is 31.2 Å². The molecule has 2 aliphatic carbocycles. The third-order valence-electron chi connectivity index (χ3n) is 4.47. The van der Waals surface area contributed by atoms with Crippen molar-refractivity contribution in [3.8, 4) is 0 Å². The van der Waals surface area contributed by atoms with E-state index in [-0.39, 0.29) is 5.91 Å². The van der Waals surface area contributed by atoms with Crippen molar-refractivity contribution in [1.82, 2.24) is 10.3 Å². The lowest BCUT2D eigenvalue weighted by Crippen LogP contribution is -2.31. The van der Waals surface area contributed by atoms with E-state index in [9.17, 15) is 4.79 Å². The molecule has 20 heavy (non-hydrogen) atoms. The van der Waals surface area contributed by atoms with Crippen molar-refractivity contribution in [2.24, 2.45) is 11.3 Å². The molecule has 1 aromatic rings. The van der Waals surface area contributed by atoms with Gasteiger partial charge < -0.3 is 10.6 Å². The molecule has 0 aliphatic heterocycles. The number of hydrogen-bond acceptors (Lipinski definition) is 3. The van der Waals surface area contributed by atoms with E-state index in [2.05, 4.69) is 22.5 Å². The van der Waals surface area contributed by atoms with E-state index in [1.54, 1.807) is 6.07 Å². The molecule has 1 aromatic heterocycles. The van der Waals surface area contributed by atoms with E-state index in [0.29, 0.717) is 11.1 Å². The zero-order valence-corrected chi connectivity index (χ0v) is 12.1. The van der Waals surface area contributed by atoms with Gasteiger partial charge in [0.15, 0.2) is 0 Å². The second kappa shape index (κ2) is 5.43. The molecule has 0 saturated heterocycles. The van der Waals surface area contributed by atoms with Gasteiger partial charge in [0.1, 0.15) is 11.5 Å². The average Bonchev–Trinajstić information content (AvgIpc) is 3.35. The SMILES string of the molecule is CCCNc1cccc(C(=O)NCC2(C3CC3)CC2)n1. The fourth-order valence-electron chi connectivity index (χ4n) is 2.85. The van der Waals surface area contributed by atoms with Gasteiger partial charge in [-0.3, -0.25) is 4.79 Å². The highest BCUT2D eigenvalue weighted by molar-refractivity contribution is 5.92. The first-order valence-electron chi connectivity index (χ1n) is 7.73. The molecule has 108 valence electrons. The number of carbonyl (C=O) groups is 1. The Morgan fingerprint density at radius 2 is 2.20 bits per heavy atom. The van der Waals surface area contributed by atoms with Crippen LogP contribution in [0.15, 0.2) is 18.2 Å². The predicted molar refractivity (Wildman–Crippen MR) is 79.7 cm³/mol. The van der Waals surface area contributed by atoms with Crippen LogP contribution in [0.4, 0.5) is 5.82 Å². The van der Waals surface area contributed by atoms with Gasteiger partial charge in [-0.05, 0) is 55.6 Å². The van der Waals surface area contributed by atoms with Crippen molar-refractivity contribution in [2.45, 2.75) is 39.0 Å². The van der Waals surface area contributed by atoms with Gasteiger partial charge in [-0.15, -0.1) is 0 Å². The summed E-state index contributed by atoms with van der Waals surface area (Å²) in [6.07, 6.45) is 6.31. The van der Waals surface area contributed by atoms with Gasteiger partial charge in [0, 0.05) is 13.1 Å². The maximum Gasteiger partial charge on any atom is 0.269 e. The molecule has 2 aliphatic rings. The van der Waals surface area contributed by atoms with Crippen LogP contribution in [-0.2, 0) is 0 Å². The van der Waals surface area contributed by atoms with Gasteiger partial charge in [-0.2, -0.15) is 0 Å². The van der Waals surface area contributed by atoms with Crippen molar-refractivity contribution in [1.29, 1.82) is 0 Å². The number of rotatable bonds is 7. The van der Waals surface area contributed by atoms with Crippen LogP contribution in [0, 0.1) is 11.3 Å². The fourth-order valence-corrected chi connectivity index (χ4v) is 2.85. The quantitative estimate of drug-likeness (QED) is 0.803. The largest absolute Gasteiger partial charge is 0.370 e. The summed E-state index contributed by atoms with van der Waals surface area (Å²) in [6.45, 7) is 3.81. The molecule has 0 bridgehead atoms. The smallest absolute Gasteiger partial charge is 0.269 e. The molecular formula is C16H23N3O. The molecule has 0 atom stereocenters. The van der Waals surface area contributed by atoms with Gasteiger partial charge in [-0.25, -0.2) is 4.98 Å². The van der Waals surface area contributed by atoms with Crippen LogP contribution in [0.2, 0.25) is 0 Å². The summed E-state index contributed by atoms with van der Waals surface area (Å²) in [4.78, 5) is 16.6. The minimum Gasteiger partial charge on any atom is -0.370 e. The zero-order valence-electron chi connectivity index (χ0n) is 12.1. The minimum atomic E-state index is -0.0444. The number of hydrogen-bond donors (Lipinski definition) is 2. The second-order valence-electron chi connectivity index (χ2n) is 6.15. The first-order valence-corrected chi connectivity index (χ1v) is 7.73. The predicted octanol–water partition coefficient (Wildman–Crippen LogP) is 2.82. The number of pyridine rings is 1. The van der Waals surface area contributed by atoms with Crippen molar-refractivity contribution >= 4 is 11.7 Å². The van der Waals surface area contributed by atoms with E-state index in [4.69, 9.17) is 0 Å². The molecule has 3 rings (SSSR count). The molecule has 4 nitrogen and oxygen atoms in total. The standard InChI is InChI=1S/C16H23N3O/c1-2-10-17-14-5-3-4-13(19-14)15(20)18-11-16(8-9-16)12-6-7-12/h3-5,12H,2,6-11H2,1H3,(H,17,19)(H,18,20). The molecule has 1 heterocycles. The second-order valence-corrected chi connectivity index (χ2v) is 6.15. The number of carbonyl (C=O) groups excluding carboxylic acids is 1. The zero-order chi connectivity index (χ0) is 14.0. The Morgan fingerprint density at radius 1 is 1.40 bits per heavy atom. The van der Waals surface area contributed by atoms with Crippen LogP contribution in [0.3, 0.4) is 0 Å². The fraction of sp³-hybridized carbons (Fsp3) is 0.625. The van der Waals surface area contributed by atoms with Crippen LogP contribution in [0.1, 0.15) is 49.5 Å². The van der Waals surface area contributed by atoms with Gasteiger partial charge in [-0.1, -0.05) is 13.0 Å². The van der Waals surface area contributed by atoms with Crippen LogP contribution in [0.25, 0.3) is 0 Å². The van der Waals surface area contributed by atoms with Crippen LogP contribution in [-0.4, -0.2) is 24.0 Å². The minimum absolute atomic E-state index is 0.0444. The normalized spacial score (nSPS) is 19.4. The van der Waals surface area contributed by atoms with E-state index in [1.165, 1.54) is 25.7 Å². The molecule has 2 fully saturated rings. The topological polar surface area (TPSA) is 54.0 Å². The summed E-state index contributed by atoms with van der Waals surface area (Å²) in [5, 5.41) is 6.29. The Kier molecular flexibility index (Phi) is 3.64. The highest BCUT2D eigenvalue weighted by Crippen LogP contribution is 2.60. The summed E-state index contributed by atoms with van der Waals surface area (Å²) in [5.41, 5.74) is 0.950. The number of nitrogens with zero attached hydrogens (tertiary/aromatic N) is 1. The van der Waals surface area contributed by atoms with Gasteiger partial charge in [0.2, 0.25) is 0 Å². The van der Waals surface area contributed by atoms with E-state index < -0.39 is 0 Å². The maximum atomic E-state index is 12.2. The van der Waals surface area contributed by atoms with Crippen molar-refractivity contribution in [3.05, 3.63) is 23.9 Å². The lowest BCUT2D eigenvalue weighted by Gasteiger charge is -2.15. The molecule has 0 unspecified atom stereocenters. The van der Waals surface area contributed by atoms with Crippen molar-refractivity contribution < 1.29 is 4.79 Å². The molecule has 0 aromatic carbocycles. The van der Waals surface area contributed by atoms with Crippen molar-refractivity contribution in [2.75, 3.05) is 18.4 Å². The van der Waals surface area contributed by atoms with Crippen LogP contribution >= 0.6 is 0 Å². The number of nitrogens with one attached hydrogen (secondary N) is 2. The summed E-state index contributed by atoms with van der Waals surface area (Å²) in [7, 11) is 0. The summed E-state index contributed by atoms with van der Waals surface area (Å²) < 4.78 is 0. The lowest BCUT2D eigenvalue weighted by molar-refractivity contribution is 0.0937. The molecule has 4 heteroatoms. The highest BCUT2D eigenvalue weighted by Gasteiger charge is 2.53. The Labute approximate surface area is 120 Å². The Bertz CT molecular complexity index is 492. The Morgan fingerprint density at radius 3 is 2.85 bits per heavy atom. The van der Waals surface area contributed by atoms with Crippen molar-refractivity contribution in [3.63, 3.8) is 0 Å². The Hall–Kier alpha value is -1.58. The number of amides is 1. The van der Waals surface area contributed by atoms with Gasteiger partial charge in [0.25, 0.3) is 5.91 Å². The third kappa shape index (κ3) is 2.94. The molecule has 0 radical (unpaired) electrons. The molecular weight excluding hydrogens is 250 g/mol. The molecule has 0 spiro atoms. The summed E-state index contributed by atoms with van der Waals surface area (Å²) in [5.74, 6) is 1.60. The third-order valence-corrected chi connectivity index (χ3v) is 4.47. The van der Waals surface area contributed by atoms with E-state index in [1.807, 2.05) is 12.1 Å². The number of anilines is 1. The van der Waals surface area contributed by atoms with Crippen LogP contribution in [0.5, 0.6) is 0 Å². The average molecular weight is 273 g/mol. The Balaban J connectivity index is 1.56. The monoisotopic (exact) mass is 273 g/mol. The van der Waals surface area contributed by atoms with E-state index >= 15 is 0 Å². The molecule has 2 N–H and O–H groups in total.